The van der Waals surface area contributed by atoms with Crippen molar-refractivity contribution in [1.82, 2.24) is 4.98 Å². The van der Waals surface area contributed by atoms with E-state index in [0.29, 0.717) is 0 Å². The van der Waals surface area contributed by atoms with Crippen LogP contribution >= 0.6 is 15.9 Å². The Morgan fingerprint density at radius 3 is 2.94 bits per heavy atom. The zero-order chi connectivity index (χ0) is 11.4. The van der Waals surface area contributed by atoms with Gasteiger partial charge in [-0.15, -0.1) is 0 Å². The van der Waals surface area contributed by atoms with Crippen LogP contribution in [0.5, 0.6) is 0 Å². The molecule has 1 fully saturated rings. The third kappa shape index (κ3) is 2.74. The van der Waals surface area contributed by atoms with Gasteiger partial charge >= 0.3 is 0 Å². The zero-order valence-electron chi connectivity index (χ0n) is 9.27. The van der Waals surface area contributed by atoms with E-state index >= 15 is 0 Å². The number of rotatable bonds is 2. The normalized spacial score (nSPS) is 21.9. The van der Waals surface area contributed by atoms with Crippen molar-refractivity contribution in [3.8, 4) is 0 Å². The number of aromatic nitrogens is 1. The fourth-order valence-corrected chi connectivity index (χ4v) is 2.44. The molecule has 1 unspecified atom stereocenters. The van der Waals surface area contributed by atoms with E-state index in [1.807, 2.05) is 18.3 Å². The Labute approximate surface area is 105 Å². The molecule has 0 bridgehead atoms. The number of halogens is 1. The Balaban J connectivity index is 2.18. The summed E-state index contributed by atoms with van der Waals surface area (Å²) in [6.45, 7) is 1.22. The van der Waals surface area contributed by atoms with Gasteiger partial charge in [-0.2, -0.15) is 0 Å². The average molecular weight is 285 g/mol. The van der Waals surface area contributed by atoms with Gasteiger partial charge in [-0.3, -0.25) is 0 Å². The molecule has 1 aliphatic rings. The van der Waals surface area contributed by atoms with Gasteiger partial charge in [-0.25, -0.2) is 4.98 Å². The molecule has 1 N–H and O–H groups in total. The second kappa shape index (κ2) is 5.64. The first-order chi connectivity index (χ1) is 7.81. The largest absolute Gasteiger partial charge is 0.394 e. The molecule has 4 heteroatoms. The molecule has 2 heterocycles. The molecule has 1 saturated heterocycles. The molecule has 1 atom stereocenters. The van der Waals surface area contributed by atoms with Crippen LogP contribution in [0.2, 0.25) is 0 Å². The van der Waals surface area contributed by atoms with Crippen molar-refractivity contribution in [3.05, 3.63) is 22.8 Å². The van der Waals surface area contributed by atoms with E-state index in [9.17, 15) is 5.11 Å². The van der Waals surface area contributed by atoms with Gasteiger partial charge < -0.3 is 10.0 Å². The highest BCUT2D eigenvalue weighted by atomic mass is 79.9. The van der Waals surface area contributed by atoms with Gasteiger partial charge in [0.05, 0.1) is 12.6 Å². The van der Waals surface area contributed by atoms with Gasteiger partial charge in [-0.05, 0) is 40.9 Å². The molecular weight excluding hydrogens is 268 g/mol. The third-order valence-electron chi connectivity index (χ3n) is 3.09. The van der Waals surface area contributed by atoms with Gasteiger partial charge in [0.25, 0.3) is 0 Å². The number of anilines is 1. The second-order valence-corrected chi connectivity index (χ2v) is 5.13. The molecule has 88 valence electrons. The molecule has 3 nitrogen and oxygen atoms in total. The smallest absolute Gasteiger partial charge is 0.128 e. The summed E-state index contributed by atoms with van der Waals surface area (Å²) in [5.74, 6) is 0.976. The van der Waals surface area contributed by atoms with Crippen LogP contribution in [0.1, 0.15) is 25.7 Å². The molecule has 2 rings (SSSR count). The highest BCUT2D eigenvalue weighted by Crippen LogP contribution is 2.23. The van der Waals surface area contributed by atoms with Gasteiger partial charge in [-0.1, -0.05) is 12.8 Å². The van der Waals surface area contributed by atoms with E-state index < -0.39 is 0 Å². The van der Waals surface area contributed by atoms with Crippen LogP contribution in [0.3, 0.4) is 0 Å². The van der Waals surface area contributed by atoms with Gasteiger partial charge in [0.2, 0.25) is 0 Å². The lowest BCUT2D eigenvalue weighted by molar-refractivity contribution is 0.254. The first-order valence-corrected chi connectivity index (χ1v) is 6.59. The molecule has 0 aliphatic carbocycles. The Hall–Kier alpha value is -0.610. The highest BCUT2D eigenvalue weighted by Gasteiger charge is 2.21. The minimum Gasteiger partial charge on any atom is -0.394 e. The van der Waals surface area contributed by atoms with Crippen molar-refractivity contribution >= 4 is 21.7 Å². The topological polar surface area (TPSA) is 36.4 Å². The molecule has 0 amide bonds. The van der Waals surface area contributed by atoms with Crippen molar-refractivity contribution in [1.29, 1.82) is 0 Å². The molecule has 1 aliphatic heterocycles. The maximum atomic E-state index is 9.42. The zero-order valence-corrected chi connectivity index (χ0v) is 10.9. The van der Waals surface area contributed by atoms with Gasteiger partial charge in [0, 0.05) is 17.2 Å². The summed E-state index contributed by atoms with van der Waals surface area (Å²) in [6, 6.07) is 4.25. The van der Waals surface area contributed by atoms with E-state index in [1.165, 1.54) is 19.3 Å². The molecule has 16 heavy (non-hydrogen) atoms. The van der Waals surface area contributed by atoms with E-state index in [0.717, 1.165) is 23.3 Å². The number of hydrogen-bond donors (Lipinski definition) is 1. The lowest BCUT2D eigenvalue weighted by atomic mass is 10.1. The van der Waals surface area contributed by atoms with E-state index in [4.69, 9.17) is 0 Å². The molecular formula is C12H17BrN2O. The summed E-state index contributed by atoms with van der Waals surface area (Å²) in [6.07, 6.45) is 6.53. The summed E-state index contributed by atoms with van der Waals surface area (Å²) in [5.41, 5.74) is 0. The van der Waals surface area contributed by atoms with Gasteiger partial charge in [0.15, 0.2) is 0 Å². The monoisotopic (exact) mass is 284 g/mol. The number of hydrogen-bond acceptors (Lipinski definition) is 3. The highest BCUT2D eigenvalue weighted by molar-refractivity contribution is 9.10. The van der Waals surface area contributed by atoms with E-state index in [-0.39, 0.29) is 12.6 Å². The minimum absolute atomic E-state index is 0.220. The quantitative estimate of drug-likeness (QED) is 0.907. The van der Waals surface area contributed by atoms with Crippen LogP contribution in [-0.4, -0.2) is 29.3 Å². The second-order valence-electron chi connectivity index (χ2n) is 4.21. The van der Waals surface area contributed by atoms with Crippen LogP contribution in [0.4, 0.5) is 5.82 Å². The van der Waals surface area contributed by atoms with Gasteiger partial charge in [0.1, 0.15) is 5.82 Å². The SMILES string of the molecule is OCC1CCCCCN1c1ccc(Br)cn1. The number of pyridine rings is 1. The predicted molar refractivity (Wildman–Crippen MR) is 68.6 cm³/mol. The summed E-state index contributed by atoms with van der Waals surface area (Å²) in [7, 11) is 0. The Kier molecular flexibility index (Phi) is 4.18. The predicted octanol–water partition coefficient (Wildman–Crippen LogP) is 2.59. The van der Waals surface area contributed by atoms with Crippen molar-refractivity contribution in [2.75, 3.05) is 18.1 Å². The van der Waals surface area contributed by atoms with E-state index in [2.05, 4.69) is 25.8 Å². The fraction of sp³-hybridized carbons (Fsp3) is 0.583. The van der Waals surface area contributed by atoms with Crippen molar-refractivity contribution < 1.29 is 5.11 Å². The number of aliphatic hydroxyl groups is 1. The minimum atomic E-state index is 0.220. The van der Waals surface area contributed by atoms with Crippen molar-refractivity contribution in [3.63, 3.8) is 0 Å². The first-order valence-electron chi connectivity index (χ1n) is 5.80. The van der Waals surface area contributed by atoms with Crippen LogP contribution in [0, 0.1) is 0 Å². The number of aliphatic hydroxyl groups excluding tert-OH is 1. The molecule has 0 aromatic carbocycles. The summed E-state index contributed by atoms with van der Waals surface area (Å²) < 4.78 is 0.992. The third-order valence-corrected chi connectivity index (χ3v) is 3.56. The molecule has 1 aromatic heterocycles. The fourth-order valence-electron chi connectivity index (χ4n) is 2.21. The maximum Gasteiger partial charge on any atom is 0.128 e. The van der Waals surface area contributed by atoms with Crippen LogP contribution < -0.4 is 4.90 Å². The first kappa shape index (κ1) is 11.9. The molecule has 1 aromatic rings. The summed E-state index contributed by atoms with van der Waals surface area (Å²) >= 11 is 3.39. The standard InChI is InChI=1S/C12H17BrN2O/c13-10-5-6-12(14-8-10)15-7-3-1-2-4-11(15)9-16/h5-6,8,11,16H,1-4,7,9H2. The maximum absolute atomic E-state index is 9.42. The Bertz CT molecular complexity index is 328. The Morgan fingerprint density at radius 1 is 1.38 bits per heavy atom. The Morgan fingerprint density at radius 2 is 2.25 bits per heavy atom. The van der Waals surface area contributed by atoms with Crippen molar-refractivity contribution in [2.24, 2.45) is 0 Å². The van der Waals surface area contributed by atoms with Crippen LogP contribution in [0.15, 0.2) is 22.8 Å². The molecule has 0 radical (unpaired) electrons. The van der Waals surface area contributed by atoms with E-state index in [1.54, 1.807) is 0 Å². The molecule has 0 spiro atoms. The van der Waals surface area contributed by atoms with Crippen molar-refractivity contribution in [2.45, 2.75) is 31.7 Å². The van der Waals surface area contributed by atoms with Crippen LogP contribution in [-0.2, 0) is 0 Å². The summed E-state index contributed by atoms with van der Waals surface area (Å²) in [5, 5.41) is 9.42. The lowest BCUT2D eigenvalue weighted by Gasteiger charge is -2.29. The average Bonchev–Trinajstić information content (AvgIpc) is 2.55. The van der Waals surface area contributed by atoms with Crippen LogP contribution in [0.25, 0.3) is 0 Å². The lowest BCUT2D eigenvalue weighted by Crippen LogP contribution is -2.38. The molecule has 0 saturated carbocycles. The summed E-state index contributed by atoms with van der Waals surface area (Å²) in [4.78, 5) is 6.65. The number of nitrogens with zero attached hydrogens (tertiary/aromatic N) is 2.